The Hall–Kier alpha value is -2.84. The van der Waals surface area contributed by atoms with E-state index in [1.807, 2.05) is 58.9 Å². The van der Waals surface area contributed by atoms with Crippen LogP contribution in [0.4, 0.5) is 5.69 Å². The van der Waals surface area contributed by atoms with Crippen molar-refractivity contribution in [3.05, 3.63) is 84.8 Å². The number of hydrogen-bond donors (Lipinski definition) is 2. The van der Waals surface area contributed by atoms with Crippen molar-refractivity contribution < 1.29 is 14.1 Å². The molecule has 37 heavy (non-hydrogen) atoms. The smallest absolute Gasteiger partial charge is 0.460 e. The molecule has 0 saturated heterocycles. The highest BCUT2D eigenvalue weighted by atomic mass is 35.5. The molecule has 1 atom stereocenters. The van der Waals surface area contributed by atoms with Crippen LogP contribution < -0.4 is 16.2 Å². The third-order valence-corrected chi connectivity index (χ3v) is 7.31. The van der Waals surface area contributed by atoms with E-state index >= 15 is 0 Å². The quantitative estimate of drug-likeness (QED) is 0.230. The third-order valence-electron chi connectivity index (χ3n) is 6.79. The molecular formula is C28H27BCl2N2O4. The van der Waals surface area contributed by atoms with Crippen LogP contribution in [0.5, 0.6) is 0 Å². The molecule has 2 aromatic carbocycles. The minimum absolute atomic E-state index is 0.00635. The molecule has 1 aliphatic heterocycles. The first kappa shape index (κ1) is 25.8. The summed E-state index contributed by atoms with van der Waals surface area (Å²) in [6, 6.07) is 10.9. The molecule has 0 saturated carbocycles. The van der Waals surface area contributed by atoms with E-state index in [2.05, 4.69) is 10.3 Å². The van der Waals surface area contributed by atoms with E-state index in [1.165, 1.54) is 0 Å². The topological polar surface area (TPSA) is 84.6 Å². The first-order chi connectivity index (χ1) is 17.5. The molecule has 1 aliphatic rings. The standard InChI is InChI=1S/C28H27BCl2N2O4/c1-13(2)27-15(4)26(34)20-9-14(3)8-19(28(20)37-27)16(5)32-22-6-7-23(31)33-25(22)17-10-18-12-36-29(35)24(18)21(30)11-17/h6-11,13,16,32,35H,12H2,1-5H3/t16-/m1/s1. The van der Waals surface area contributed by atoms with Crippen LogP contribution in [-0.4, -0.2) is 17.1 Å². The number of pyridine rings is 1. The molecule has 2 aromatic heterocycles. The van der Waals surface area contributed by atoms with Crippen molar-refractivity contribution in [2.45, 2.75) is 53.2 Å². The molecule has 4 aromatic rings. The Morgan fingerprint density at radius 3 is 2.59 bits per heavy atom. The Kier molecular flexibility index (Phi) is 6.83. The zero-order valence-electron chi connectivity index (χ0n) is 21.3. The summed E-state index contributed by atoms with van der Waals surface area (Å²) in [5.41, 5.74) is 6.54. The second kappa shape index (κ2) is 9.80. The zero-order chi connectivity index (χ0) is 26.6. The Labute approximate surface area is 225 Å². The maximum Gasteiger partial charge on any atom is 0.493 e. The summed E-state index contributed by atoms with van der Waals surface area (Å²) in [6.07, 6.45) is 0. The van der Waals surface area contributed by atoms with E-state index in [9.17, 15) is 9.82 Å². The fraction of sp³-hybridized carbons (Fsp3) is 0.286. The van der Waals surface area contributed by atoms with Gasteiger partial charge in [-0.05, 0) is 62.2 Å². The number of benzene rings is 2. The lowest BCUT2D eigenvalue weighted by molar-refractivity contribution is 0.275. The Balaban J connectivity index is 1.61. The summed E-state index contributed by atoms with van der Waals surface area (Å²) >= 11 is 12.8. The Morgan fingerprint density at radius 2 is 1.86 bits per heavy atom. The van der Waals surface area contributed by atoms with Gasteiger partial charge >= 0.3 is 7.12 Å². The van der Waals surface area contributed by atoms with Gasteiger partial charge in [0.1, 0.15) is 16.5 Å². The average Bonchev–Trinajstić information content (AvgIpc) is 3.23. The number of halogens is 2. The number of rotatable bonds is 5. The van der Waals surface area contributed by atoms with Crippen molar-refractivity contribution in [3.63, 3.8) is 0 Å². The van der Waals surface area contributed by atoms with Gasteiger partial charge in [0.2, 0.25) is 0 Å². The number of hydrogen-bond acceptors (Lipinski definition) is 6. The molecule has 0 unspecified atom stereocenters. The first-order valence-electron chi connectivity index (χ1n) is 12.2. The predicted octanol–water partition coefficient (Wildman–Crippen LogP) is 6.29. The Bertz CT molecular complexity index is 1600. The number of nitrogens with one attached hydrogen (secondary N) is 1. The summed E-state index contributed by atoms with van der Waals surface area (Å²) in [5.74, 6) is 0.773. The van der Waals surface area contributed by atoms with Gasteiger partial charge in [-0.15, -0.1) is 0 Å². The number of aromatic nitrogens is 1. The van der Waals surface area contributed by atoms with Gasteiger partial charge in [-0.3, -0.25) is 4.79 Å². The van der Waals surface area contributed by atoms with E-state index in [0.29, 0.717) is 43.6 Å². The SMILES string of the molecule is Cc1cc([C@@H](C)Nc2ccc(Cl)nc2-c2cc(Cl)c3c(c2)COB3O)c2oc(C(C)C)c(C)c(=O)c2c1. The maximum absolute atomic E-state index is 13.2. The average molecular weight is 537 g/mol. The van der Waals surface area contributed by atoms with E-state index < -0.39 is 7.12 Å². The second-order valence-corrected chi connectivity index (χ2v) is 10.7. The third kappa shape index (κ3) is 4.66. The van der Waals surface area contributed by atoms with E-state index in [0.717, 1.165) is 27.9 Å². The lowest BCUT2D eigenvalue weighted by Crippen LogP contribution is -2.29. The van der Waals surface area contributed by atoms with Crippen LogP contribution in [0.3, 0.4) is 0 Å². The van der Waals surface area contributed by atoms with Crippen LogP contribution in [0.2, 0.25) is 10.2 Å². The minimum Gasteiger partial charge on any atom is -0.460 e. The van der Waals surface area contributed by atoms with Crippen molar-refractivity contribution >= 4 is 52.4 Å². The fourth-order valence-electron chi connectivity index (χ4n) is 5.00. The van der Waals surface area contributed by atoms with Crippen LogP contribution in [-0.2, 0) is 11.3 Å². The molecule has 0 amide bonds. The summed E-state index contributed by atoms with van der Waals surface area (Å²) in [5, 5.41) is 14.9. The molecule has 9 heteroatoms. The molecule has 190 valence electrons. The van der Waals surface area contributed by atoms with Crippen molar-refractivity contribution in [1.82, 2.24) is 4.98 Å². The van der Waals surface area contributed by atoms with Crippen LogP contribution in [0.25, 0.3) is 22.2 Å². The van der Waals surface area contributed by atoms with Crippen LogP contribution in [0.15, 0.2) is 45.6 Å². The highest BCUT2D eigenvalue weighted by molar-refractivity contribution is 6.65. The highest BCUT2D eigenvalue weighted by Gasteiger charge is 2.31. The lowest BCUT2D eigenvalue weighted by atomic mass is 9.79. The summed E-state index contributed by atoms with van der Waals surface area (Å²) in [7, 11) is -1.04. The van der Waals surface area contributed by atoms with Crippen molar-refractivity contribution in [3.8, 4) is 11.3 Å². The highest BCUT2D eigenvalue weighted by Crippen LogP contribution is 2.35. The molecule has 6 nitrogen and oxygen atoms in total. The maximum atomic E-state index is 13.2. The number of fused-ring (bicyclic) bond motifs is 2. The number of anilines is 1. The lowest BCUT2D eigenvalue weighted by Gasteiger charge is -2.21. The molecule has 0 aliphatic carbocycles. The molecule has 5 rings (SSSR count). The van der Waals surface area contributed by atoms with Gasteiger partial charge in [0.05, 0.1) is 29.4 Å². The molecule has 0 fully saturated rings. The van der Waals surface area contributed by atoms with Gasteiger partial charge in [-0.1, -0.05) is 43.1 Å². The van der Waals surface area contributed by atoms with Crippen molar-refractivity contribution in [2.24, 2.45) is 0 Å². The minimum atomic E-state index is -1.04. The summed E-state index contributed by atoms with van der Waals surface area (Å²) in [4.78, 5) is 17.8. The molecule has 0 radical (unpaired) electrons. The van der Waals surface area contributed by atoms with E-state index in [1.54, 1.807) is 12.1 Å². The van der Waals surface area contributed by atoms with Crippen molar-refractivity contribution in [1.29, 1.82) is 0 Å². The molecule has 0 bridgehead atoms. The molecule has 0 spiro atoms. The first-order valence-corrected chi connectivity index (χ1v) is 12.9. The van der Waals surface area contributed by atoms with E-state index in [-0.39, 0.29) is 24.0 Å². The molecule has 2 N–H and O–H groups in total. The van der Waals surface area contributed by atoms with Crippen LogP contribution >= 0.6 is 23.2 Å². The van der Waals surface area contributed by atoms with E-state index in [4.69, 9.17) is 32.3 Å². The second-order valence-electron chi connectivity index (χ2n) is 9.90. The summed E-state index contributed by atoms with van der Waals surface area (Å²) < 4.78 is 11.7. The van der Waals surface area contributed by atoms with Crippen LogP contribution in [0, 0.1) is 13.8 Å². The number of nitrogens with zero attached hydrogens (tertiary/aromatic N) is 1. The largest absolute Gasteiger partial charge is 0.493 e. The van der Waals surface area contributed by atoms with Gasteiger partial charge in [-0.25, -0.2) is 4.98 Å². The van der Waals surface area contributed by atoms with Gasteiger partial charge in [0, 0.05) is 33.1 Å². The van der Waals surface area contributed by atoms with Gasteiger partial charge < -0.3 is 19.4 Å². The predicted molar refractivity (Wildman–Crippen MR) is 150 cm³/mol. The molecule has 3 heterocycles. The van der Waals surface area contributed by atoms with Crippen LogP contribution in [0.1, 0.15) is 60.7 Å². The van der Waals surface area contributed by atoms with Gasteiger partial charge in [0.15, 0.2) is 5.43 Å². The summed E-state index contributed by atoms with van der Waals surface area (Å²) in [6.45, 7) is 10.1. The fourth-order valence-corrected chi connectivity index (χ4v) is 5.48. The monoisotopic (exact) mass is 536 g/mol. The number of aryl methyl sites for hydroxylation is 1. The molecular weight excluding hydrogens is 510 g/mol. The normalized spacial score (nSPS) is 13.9. The van der Waals surface area contributed by atoms with Gasteiger partial charge in [-0.2, -0.15) is 0 Å². The van der Waals surface area contributed by atoms with Gasteiger partial charge in [0.25, 0.3) is 0 Å². The zero-order valence-corrected chi connectivity index (χ0v) is 22.8. The Morgan fingerprint density at radius 1 is 1.11 bits per heavy atom. The van der Waals surface area contributed by atoms with Crippen molar-refractivity contribution in [2.75, 3.05) is 5.32 Å².